The van der Waals surface area contributed by atoms with Crippen LogP contribution in [0.5, 0.6) is 0 Å². The number of hydrogen-bond donors (Lipinski definition) is 1. The third-order valence-electron chi connectivity index (χ3n) is 6.98. The van der Waals surface area contributed by atoms with Gasteiger partial charge in [-0.25, -0.2) is 24.2 Å². The molecule has 1 fully saturated rings. The van der Waals surface area contributed by atoms with E-state index in [-0.39, 0.29) is 30.4 Å². The van der Waals surface area contributed by atoms with Crippen LogP contribution < -0.4 is 0 Å². The standard InChI is InChI=1S/C28H26N6O5/c1-17-29-24(12-25(30-17)27(35)36)26-15-34(32-31-26)14-18-13-33(10-11-38-18)28(37)39-16-23-21-8-4-2-6-19(21)20-7-3-5-9-22(20)23/h2-9,12,15,18,23H,10-11,13-14,16H2,1H3,(H,35,36). The van der Waals surface area contributed by atoms with Crippen LogP contribution in [0, 0.1) is 6.92 Å². The number of aryl methyl sites for hydroxylation is 1. The van der Waals surface area contributed by atoms with Crippen molar-refractivity contribution in [3.63, 3.8) is 0 Å². The number of aromatic nitrogens is 5. The Morgan fingerprint density at radius 2 is 1.77 bits per heavy atom. The summed E-state index contributed by atoms with van der Waals surface area (Å²) >= 11 is 0. The summed E-state index contributed by atoms with van der Waals surface area (Å²) in [6.45, 7) is 3.40. The van der Waals surface area contributed by atoms with E-state index >= 15 is 0 Å². The minimum absolute atomic E-state index is 0.00108. The van der Waals surface area contributed by atoms with Gasteiger partial charge in [-0.2, -0.15) is 0 Å². The smallest absolute Gasteiger partial charge is 0.409 e. The number of aromatic carboxylic acids is 1. The highest BCUT2D eigenvalue weighted by molar-refractivity contribution is 5.86. The molecule has 2 aromatic carbocycles. The molecular formula is C28H26N6O5. The van der Waals surface area contributed by atoms with Crippen molar-refractivity contribution in [1.29, 1.82) is 0 Å². The maximum Gasteiger partial charge on any atom is 0.409 e. The van der Waals surface area contributed by atoms with E-state index in [1.165, 1.54) is 28.3 Å². The maximum absolute atomic E-state index is 13.0. The molecule has 6 rings (SSSR count). The summed E-state index contributed by atoms with van der Waals surface area (Å²) in [4.78, 5) is 34.2. The molecule has 1 aliphatic carbocycles. The lowest BCUT2D eigenvalue weighted by molar-refractivity contribution is -0.0358. The molecule has 0 bridgehead atoms. The quantitative estimate of drug-likeness (QED) is 0.401. The van der Waals surface area contributed by atoms with Crippen LogP contribution in [0.15, 0.2) is 60.8 Å². The molecule has 11 heteroatoms. The van der Waals surface area contributed by atoms with E-state index in [0.717, 1.165) is 0 Å². The van der Waals surface area contributed by atoms with Gasteiger partial charge in [0.2, 0.25) is 0 Å². The fourth-order valence-electron chi connectivity index (χ4n) is 5.20. The van der Waals surface area contributed by atoms with Gasteiger partial charge < -0.3 is 19.5 Å². The number of morpholine rings is 1. The number of benzene rings is 2. The number of hydrogen-bond acceptors (Lipinski definition) is 8. The van der Waals surface area contributed by atoms with Gasteiger partial charge in [-0.1, -0.05) is 53.7 Å². The van der Waals surface area contributed by atoms with Gasteiger partial charge in [0.25, 0.3) is 0 Å². The molecule has 198 valence electrons. The molecular weight excluding hydrogens is 500 g/mol. The zero-order valence-corrected chi connectivity index (χ0v) is 21.2. The number of ether oxygens (including phenoxy) is 2. The van der Waals surface area contributed by atoms with E-state index in [9.17, 15) is 14.7 Å². The van der Waals surface area contributed by atoms with E-state index < -0.39 is 5.97 Å². The number of carboxylic acid groups (broad SMARTS) is 1. The molecule has 1 unspecified atom stereocenters. The number of fused-ring (bicyclic) bond motifs is 3. The monoisotopic (exact) mass is 526 g/mol. The van der Waals surface area contributed by atoms with Crippen molar-refractivity contribution >= 4 is 12.1 Å². The second-order valence-electron chi connectivity index (χ2n) is 9.56. The van der Waals surface area contributed by atoms with Crippen LogP contribution in [-0.4, -0.2) is 79.4 Å². The topological polar surface area (TPSA) is 133 Å². The summed E-state index contributed by atoms with van der Waals surface area (Å²) in [7, 11) is 0. The molecule has 0 saturated carbocycles. The first-order valence-corrected chi connectivity index (χ1v) is 12.7. The maximum atomic E-state index is 13.0. The van der Waals surface area contributed by atoms with Gasteiger partial charge in [0.05, 0.1) is 37.7 Å². The zero-order chi connectivity index (χ0) is 26.9. The number of carbonyl (C=O) groups excluding carboxylic acids is 1. The highest BCUT2D eigenvalue weighted by atomic mass is 16.6. The lowest BCUT2D eigenvalue weighted by atomic mass is 9.98. The van der Waals surface area contributed by atoms with Crippen molar-refractivity contribution in [1.82, 2.24) is 29.9 Å². The van der Waals surface area contributed by atoms with E-state index in [1.54, 1.807) is 22.7 Å². The van der Waals surface area contributed by atoms with Crippen LogP contribution in [-0.2, 0) is 16.0 Å². The molecule has 39 heavy (non-hydrogen) atoms. The Labute approximate surface area is 224 Å². The average molecular weight is 527 g/mol. The molecule has 1 aliphatic heterocycles. The molecule has 11 nitrogen and oxygen atoms in total. The first-order valence-electron chi connectivity index (χ1n) is 12.7. The van der Waals surface area contributed by atoms with Crippen LogP contribution in [0.1, 0.15) is 33.4 Å². The Morgan fingerprint density at radius 1 is 1.05 bits per heavy atom. The van der Waals surface area contributed by atoms with Crippen molar-refractivity contribution in [3.05, 3.63) is 83.4 Å². The fraction of sp³-hybridized carbons (Fsp3) is 0.286. The second kappa shape index (κ2) is 10.3. The van der Waals surface area contributed by atoms with Crippen molar-refractivity contribution in [2.45, 2.75) is 25.5 Å². The van der Waals surface area contributed by atoms with E-state index in [1.807, 2.05) is 24.3 Å². The zero-order valence-electron chi connectivity index (χ0n) is 21.2. The first-order chi connectivity index (χ1) is 19.0. The fourth-order valence-corrected chi connectivity index (χ4v) is 5.20. The van der Waals surface area contributed by atoms with Crippen molar-refractivity contribution in [2.75, 3.05) is 26.3 Å². The summed E-state index contributed by atoms with van der Waals surface area (Å²) in [5.74, 6) is -0.814. The number of carbonyl (C=O) groups is 2. The molecule has 0 spiro atoms. The molecule has 0 radical (unpaired) electrons. The molecule has 1 atom stereocenters. The van der Waals surface area contributed by atoms with Gasteiger partial charge >= 0.3 is 12.1 Å². The second-order valence-corrected chi connectivity index (χ2v) is 9.56. The van der Waals surface area contributed by atoms with Crippen LogP contribution in [0.4, 0.5) is 4.79 Å². The first kappa shape index (κ1) is 24.7. The molecule has 1 saturated heterocycles. The largest absolute Gasteiger partial charge is 0.477 e. The Balaban J connectivity index is 1.09. The summed E-state index contributed by atoms with van der Waals surface area (Å²) in [5.41, 5.74) is 5.39. The number of nitrogens with zero attached hydrogens (tertiary/aromatic N) is 6. The van der Waals surface area contributed by atoms with Crippen LogP contribution >= 0.6 is 0 Å². The number of amides is 1. The molecule has 2 aliphatic rings. The number of rotatable bonds is 6. The van der Waals surface area contributed by atoms with Gasteiger partial charge in [-0.3, -0.25) is 0 Å². The van der Waals surface area contributed by atoms with E-state index in [4.69, 9.17) is 9.47 Å². The Kier molecular flexibility index (Phi) is 6.49. The molecule has 2 aromatic heterocycles. The summed E-state index contributed by atoms with van der Waals surface area (Å²) in [6.07, 6.45) is 0.987. The highest BCUT2D eigenvalue weighted by Crippen LogP contribution is 2.44. The Morgan fingerprint density at radius 3 is 2.49 bits per heavy atom. The van der Waals surface area contributed by atoms with Gasteiger partial charge in [-0.05, 0) is 35.2 Å². The van der Waals surface area contributed by atoms with Gasteiger partial charge in [-0.15, -0.1) is 5.10 Å². The van der Waals surface area contributed by atoms with Crippen LogP contribution in [0.3, 0.4) is 0 Å². The van der Waals surface area contributed by atoms with Gasteiger partial charge in [0.15, 0.2) is 5.69 Å². The minimum Gasteiger partial charge on any atom is -0.477 e. The van der Waals surface area contributed by atoms with Crippen molar-refractivity contribution in [2.24, 2.45) is 0 Å². The SMILES string of the molecule is Cc1nc(C(=O)O)cc(-c2cn(CC3CN(C(=O)OCC4c5ccccc5-c5ccccc54)CCO3)nn2)n1. The molecule has 1 N–H and O–H groups in total. The molecule has 1 amide bonds. The summed E-state index contributed by atoms with van der Waals surface area (Å²) in [5, 5.41) is 17.5. The minimum atomic E-state index is -1.14. The molecule has 4 aromatic rings. The third kappa shape index (κ3) is 4.96. The molecule has 3 heterocycles. The van der Waals surface area contributed by atoms with Crippen molar-refractivity contribution in [3.8, 4) is 22.5 Å². The van der Waals surface area contributed by atoms with Crippen LogP contribution in [0.25, 0.3) is 22.5 Å². The Hall–Kier alpha value is -4.64. The van der Waals surface area contributed by atoms with Crippen LogP contribution in [0.2, 0.25) is 0 Å². The van der Waals surface area contributed by atoms with Crippen molar-refractivity contribution < 1.29 is 24.2 Å². The summed E-state index contributed by atoms with van der Waals surface area (Å²) in [6, 6.07) is 17.8. The predicted molar refractivity (Wildman–Crippen MR) is 139 cm³/mol. The van der Waals surface area contributed by atoms with E-state index in [2.05, 4.69) is 44.5 Å². The summed E-state index contributed by atoms with van der Waals surface area (Å²) < 4.78 is 13.3. The normalized spacial score (nSPS) is 16.5. The highest BCUT2D eigenvalue weighted by Gasteiger charge is 2.31. The average Bonchev–Trinajstić information content (AvgIpc) is 3.54. The lowest BCUT2D eigenvalue weighted by Crippen LogP contribution is -2.47. The third-order valence-corrected chi connectivity index (χ3v) is 6.98. The van der Waals surface area contributed by atoms with Gasteiger partial charge in [0.1, 0.15) is 18.1 Å². The predicted octanol–water partition coefficient (Wildman–Crippen LogP) is 3.39. The number of carboxylic acids is 1. The lowest BCUT2D eigenvalue weighted by Gasteiger charge is -2.32. The Bertz CT molecular complexity index is 1510. The van der Waals surface area contributed by atoms with Gasteiger partial charge in [0, 0.05) is 12.5 Å². The van der Waals surface area contributed by atoms with E-state index in [0.29, 0.717) is 43.5 Å².